The second-order valence-corrected chi connectivity index (χ2v) is 7.89. The van der Waals surface area contributed by atoms with Gasteiger partial charge in [0.2, 0.25) is 15.9 Å². The highest BCUT2D eigenvalue weighted by atomic mass is 32.2. The topological polar surface area (TPSA) is 87.7 Å². The minimum atomic E-state index is -3.56. The average molecular weight is 369 g/mol. The first kappa shape index (κ1) is 19.8. The van der Waals surface area contributed by atoms with Crippen LogP contribution in [0.15, 0.2) is 29.2 Å². The number of carbonyl (C=O) groups excluding carboxylic acids is 1. The van der Waals surface area contributed by atoms with Crippen LogP contribution >= 0.6 is 0 Å². The van der Waals surface area contributed by atoms with Crippen molar-refractivity contribution in [3.05, 3.63) is 29.8 Å². The molecule has 0 radical (unpaired) electrons. The summed E-state index contributed by atoms with van der Waals surface area (Å²) in [7, 11) is -3.56. The van der Waals surface area contributed by atoms with E-state index in [0.717, 1.165) is 44.8 Å². The third kappa shape index (κ3) is 7.11. The van der Waals surface area contributed by atoms with E-state index in [4.69, 9.17) is 4.74 Å². The highest BCUT2D eigenvalue weighted by molar-refractivity contribution is 7.89. The largest absolute Gasteiger partial charge is 0.379 e. The first-order valence-corrected chi connectivity index (χ1v) is 10.1. The number of morpholine rings is 1. The lowest BCUT2D eigenvalue weighted by Crippen LogP contribution is -2.38. The van der Waals surface area contributed by atoms with Gasteiger partial charge in [0.05, 0.1) is 18.1 Å². The fourth-order valence-electron chi connectivity index (χ4n) is 2.54. The summed E-state index contributed by atoms with van der Waals surface area (Å²) in [5.74, 6) is -0.145. The fraction of sp³-hybridized carbons (Fsp3) is 0.588. The quantitative estimate of drug-likeness (QED) is 0.619. The Labute approximate surface area is 149 Å². The summed E-state index contributed by atoms with van der Waals surface area (Å²) in [4.78, 5) is 14.3. The van der Waals surface area contributed by atoms with E-state index in [2.05, 4.69) is 14.9 Å². The highest BCUT2D eigenvalue weighted by Crippen LogP contribution is 2.09. The minimum absolute atomic E-state index is 0.0888. The van der Waals surface area contributed by atoms with E-state index >= 15 is 0 Å². The summed E-state index contributed by atoms with van der Waals surface area (Å²) in [6.45, 7) is 6.94. The second kappa shape index (κ2) is 9.86. The molecular weight excluding hydrogens is 342 g/mol. The standard InChI is InChI=1S/C17H27N3O4S/c1-15-3-5-16(6-4-15)25(22,23)19-9-7-17(21)18-8-2-10-20-11-13-24-14-12-20/h3-6,19H,2,7-14H2,1H3,(H,18,21). The fourth-order valence-corrected chi connectivity index (χ4v) is 3.58. The maximum Gasteiger partial charge on any atom is 0.240 e. The monoisotopic (exact) mass is 369 g/mol. The number of sulfonamides is 1. The first-order chi connectivity index (χ1) is 12.0. The molecule has 0 aromatic heterocycles. The zero-order valence-electron chi connectivity index (χ0n) is 14.7. The van der Waals surface area contributed by atoms with Gasteiger partial charge in [-0.05, 0) is 32.0 Å². The summed E-state index contributed by atoms with van der Waals surface area (Å²) in [5, 5.41) is 2.82. The van der Waals surface area contributed by atoms with E-state index in [0.29, 0.717) is 6.54 Å². The number of amides is 1. The Hall–Kier alpha value is -1.48. The minimum Gasteiger partial charge on any atom is -0.379 e. The molecule has 2 rings (SSSR count). The van der Waals surface area contributed by atoms with Crippen molar-refractivity contribution in [2.45, 2.75) is 24.7 Å². The number of carbonyl (C=O) groups is 1. The van der Waals surface area contributed by atoms with Crippen molar-refractivity contribution in [1.82, 2.24) is 14.9 Å². The lowest BCUT2D eigenvalue weighted by Gasteiger charge is -2.26. The van der Waals surface area contributed by atoms with Crippen LogP contribution in [0.2, 0.25) is 0 Å². The Kier molecular flexibility index (Phi) is 7.83. The molecule has 0 unspecified atom stereocenters. The van der Waals surface area contributed by atoms with Crippen LogP contribution < -0.4 is 10.0 Å². The zero-order chi connectivity index (χ0) is 18.1. The maximum atomic E-state index is 12.1. The van der Waals surface area contributed by atoms with Crippen LogP contribution in [0.4, 0.5) is 0 Å². The van der Waals surface area contributed by atoms with Gasteiger partial charge in [-0.25, -0.2) is 13.1 Å². The molecule has 0 saturated carbocycles. The molecule has 0 aliphatic carbocycles. The molecule has 1 aliphatic heterocycles. The Morgan fingerprint density at radius 1 is 1.16 bits per heavy atom. The molecule has 1 aromatic carbocycles. The average Bonchev–Trinajstić information content (AvgIpc) is 2.60. The molecule has 0 bridgehead atoms. The molecule has 0 spiro atoms. The van der Waals surface area contributed by atoms with E-state index in [1.165, 1.54) is 0 Å². The number of nitrogens with one attached hydrogen (secondary N) is 2. The molecular formula is C17H27N3O4S. The van der Waals surface area contributed by atoms with Gasteiger partial charge in [0.1, 0.15) is 0 Å². The predicted molar refractivity (Wildman–Crippen MR) is 95.9 cm³/mol. The highest BCUT2D eigenvalue weighted by Gasteiger charge is 2.14. The van der Waals surface area contributed by atoms with Gasteiger partial charge in [-0.15, -0.1) is 0 Å². The van der Waals surface area contributed by atoms with E-state index in [1.807, 2.05) is 6.92 Å². The van der Waals surface area contributed by atoms with Crippen LogP contribution in [0.1, 0.15) is 18.4 Å². The normalized spacial score (nSPS) is 15.9. The van der Waals surface area contributed by atoms with E-state index < -0.39 is 10.0 Å². The van der Waals surface area contributed by atoms with Gasteiger partial charge in [0.25, 0.3) is 0 Å². The van der Waals surface area contributed by atoms with Gasteiger partial charge in [-0.1, -0.05) is 17.7 Å². The molecule has 1 saturated heterocycles. The number of benzene rings is 1. The van der Waals surface area contributed by atoms with Gasteiger partial charge in [0, 0.05) is 32.6 Å². The van der Waals surface area contributed by atoms with E-state index in [9.17, 15) is 13.2 Å². The Balaban J connectivity index is 1.60. The van der Waals surface area contributed by atoms with Crippen molar-refractivity contribution in [1.29, 1.82) is 0 Å². The zero-order valence-corrected chi connectivity index (χ0v) is 15.5. The first-order valence-electron chi connectivity index (χ1n) is 8.60. The summed E-state index contributed by atoms with van der Waals surface area (Å²) in [5.41, 5.74) is 0.996. The Morgan fingerprint density at radius 3 is 2.52 bits per heavy atom. The van der Waals surface area contributed by atoms with Crippen molar-refractivity contribution in [3.8, 4) is 0 Å². The SMILES string of the molecule is Cc1ccc(S(=O)(=O)NCCC(=O)NCCCN2CCOCC2)cc1. The van der Waals surface area contributed by atoms with Gasteiger partial charge in [-0.2, -0.15) is 0 Å². The lowest BCUT2D eigenvalue weighted by atomic mass is 10.2. The van der Waals surface area contributed by atoms with Crippen LogP contribution in [0.5, 0.6) is 0 Å². The third-order valence-corrected chi connectivity index (χ3v) is 5.53. The molecule has 0 atom stereocenters. The molecule has 140 valence electrons. The molecule has 8 heteroatoms. The summed E-state index contributed by atoms with van der Waals surface area (Å²) >= 11 is 0. The summed E-state index contributed by atoms with van der Waals surface area (Å²) in [6.07, 6.45) is 1.00. The van der Waals surface area contributed by atoms with Gasteiger partial charge >= 0.3 is 0 Å². The number of hydrogen-bond acceptors (Lipinski definition) is 5. The predicted octanol–water partition coefficient (Wildman–Crippen LogP) is 0.502. The molecule has 2 N–H and O–H groups in total. The van der Waals surface area contributed by atoms with Crippen LogP contribution in [0.3, 0.4) is 0 Å². The molecule has 7 nitrogen and oxygen atoms in total. The Morgan fingerprint density at radius 2 is 1.84 bits per heavy atom. The smallest absolute Gasteiger partial charge is 0.240 e. The number of nitrogens with zero attached hydrogens (tertiary/aromatic N) is 1. The van der Waals surface area contributed by atoms with Crippen LogP contribution in [0.25, 0.3) is 0 Å². The summed E-state index contributed by atoms with van der Waals surface area (Å²) in [6, 6.07) is 6.61. The Bertz CT molecular complexity index is 640. The molecule has 1 heterocycles. The van der Waals surface area contributed by atoms with Crippen LogP contribution in [0, 0.1) is 6.92 Å². The van der Waals surface area contributed by atoms with Gasteiger partial charge in [-0.3, -0.25) is 9.69 Å². The number of ether oxygens (including phenoxy) is 1. The number of aryl methyl sites for hydroxylation is 1. The van der Waals surface area contributed by atoms with E-state index in [-0.39, 0.29) is 23.8 Å². The number of rotatable bonds is 9. The van der Waals surface area contributed by atoms with Crippen molar-refractivity contribution >= 4 is 15.9 Å². The van der Waals surface area contributed by atoms with Gasteiger partial charge < -0.3 is 10.1 Å². The molecule has 1 amide bonds. The lowest BCUT2D eigenvalue weighted by molar-refractivity contribution is -0.120. The molecule has 1 aromatic rings. The number of hydrogen-bond donors (Lipinski definition) is 2. The maximum absolute atomic E-state index is 12.1. The second-order valence-electron chi connectivity index (χ2n) is 6.12. The van der Waals surface area contributed by atoms with Crippen LogP contribution in [-0.4, -0.2) is 65.2 Å². The summed E-state index contributed by atoms with van der Waals surface area (Å²) < 4.78 is 31.9. The van der Waals surface area contributed by atoms with Crippen molar-refractivity contribution < 1.29 is 17.9 Å². The van der Waals surface area contributed by atoms with Crippen molar-refractivity contribution in [2.24, 2.45) is 0 Å². The van der Waals surface area contributed by atoms with E-state index in [1.54, 1.807) is 24.3 Å². The van der Waals surface area contributed by atoms with Crippen molar-refractivity contribution in [2.75, 3.05) is 45.9 Å². The molecule has 1 aliphatic rings. The van der Waals surface area contributed by atoms with Crippen LogP contribution in [-0.2, 0) is 19.6 Å². The third-order valence-electron chi connectivity index (χ3n) is 4.05. The molecule has 25 heavy (non-hydrogen) atoms. The van der Waals surface area contributed by atoms with Crippen molar-refractivity contribution in [3.63, 3.8) is 0 Å². The van der Waals surface area contributed by atoms with Gasteiger partial charge in [0.15, 0.2) is 0 Å². The molecule has 1 fully saturated rings.